The minimum absolute atomic E-state index is 0.0813. The Hall–Kier alpha value is -2.33. The summed E-state index contributed by atoms with van der Waals surface area (Å²) >= 11 is 13.8. The zero-order chi connectivity index (χ0) is 21.3. The van der Waals surface area contributed by atoms with Gasteiger partial charge in [-0.2, -0.15) is 5.26 Å². The number of fused-ring (bicyclic) bond motifs is 1. The average Bonchev–Trinajstić information content (AvgIpc) is 3.02. The van der Waals surface area contributed by atoms with Crippen molar-refractivity contribution in [1.29, 1.82) is 5.26 Å². The Morgan fingerprint density at radius 3 is 2.66 bits per heavy atom. The predicted molar refractivity (Wildman–Crippen MR) is 117 cm³/mol. The summed E-state index contributed by atoms with van der Waals surface area (Å²) in [5.41, 5.74) is -0.688. The second kappa shape index (κ2) is 8.58. The zero-order valence-electron chi connectivity index (χ0n) is 15.9. The summed E-state index contributed by atoms with van der Waals surface area (Å²) in [7, 11) is 0. The molecule has 0 amide bonds. The number of rotatable bonds is 6. The van der Waals surface area contributed by atoms with Crippen LogP contribution in [0.2, 0.25) is 10.0 Å². The molecule has 0 saturated carbocycles. The molecule has 0 atom stereocenters. The monoisotopic (exact) mass is 448 g/mol. The van der Waals surface area contributed by atoms with Crippen LogP contribution < -0.4 is 5.56 Å². The van der Waals surface area contributed by atoms with Crippen molar-refractivity contribution < 1.29 is 9.90 Å². The van der Waals surface area contributed by atoms with Gasteiger partial charge in [0.15, 0.2) is 0 Å². The van der Waals surface area contributed by atoms with Gasteiger partial charge in [-0.15, -0.1) is 11.3 Å². The van der Waals surface area contributed by atoms with Crippen molar-refractivity contribution in [1.82, 2.24) is 4.57 Å². The molecule has 0 aliphatic rings. The number of hydrogen-bond donors (Lipinski definition) is 1. The Morgan fingerprint density at radius 2 is 2.03 bits per heavy atom. The number of hydrogen-bond acceptors (Lipinski definition) is 5. The van der Waals surface area contributed by atoms with Crippen molar-refractivity contribution in [3.8, 4) is 11.9 Å². The highest BCUT2D eigenvalue weighted by molar-refractivity contribution is 7.22. The van der Waals surface area contributed by atoms with Crippen LogP contribution in [-0.4, -0.2) is 15.5 Å². The minimum atomic E-state index is -0.597. The Balaban J connectivity index is 2.23. The van der Waals surface area contributed by atoms with Crippen LogP contribution in [0.4, 0.5) is 0 Å². The fraction of sp³-hybridized carbons (Fsp3) is 0.286. The van der Waals surface area contributed by atoms with Gasteiger partial charge in [0, 0.05) is 16.6 Å². The first-order chi connectivity index (χ1) is 13.8. The molecule has 29 heavy (non-hydrogen) atoms. The molecule has 0 bridgehead atoms. The van der Waals surface area contributed by atoms with Crippen LogP contribution in [0.5, 0.6) is 5.88 Å². The Bertz CT molecular complexity index is 1220. The number of nitriles is 1. The SMILES string of the molecule is CCCCCn1c(O)c(C(=O)c2sc3cccc(Cl)c3c2Cl)c(C)c(C#N)c1=O. The van der Waals surface area contributed by atoms with E-state index in [9.17, 15) is 20.0 Å². The van der Waals surface area contributed by atoms with E-state index in [0.717, 1.165) is 33.4 Å². The second-order valence-electron chi connectivity index (χ2n) is 6.66. The van der Waals surface area contributed by atoms with Crippen molar-refractivity contribution in [2.24, 2.45) is 0 Å². The van der Waals surface area contributed by atoms with E-state index < -0.39 is 17.2 Å². The molecule has 0 spiro atoms. The number of unbranched alkanes of at least 4 members (excludes halogenated alkanes) is 2. The van der Waals surface area contributed by atoms with E-state index >= 15 is 0 Å². The van der Waals surface area contributed by atoms with Crippen molar-refractivity contribution in [2.45, 2.75) is 39.7 Å². The summed E-state index contributed by atoms with van der Waals surface area (Å²) in [5.74, 6) is -0.977. The number of ketones is 1. The van der Waals surface area contributed by atoms with Crippen molar-refractivity contribution in [3.63, 3.8) is 0 Å². The fourth-order valence-corrected chi connectivity index (χ4v) is 5.18. The lowest BCUT2D eigenvalue weighted by Gasteiger charge is -2.15. The van der Waals surface area contributed by atoms with Gasteiger partial charge in [-0.05, 0) is 31.0 Å². The van der Waals surface area contributed by atoms with Crippen LogP contribution in [0.3, 0.4) is 0 Å². The molecule has 0 radical (unpaired) electrons. The van der Waals surface area contributed by atoms with Crippen LogP contribution in [0.15, 0.2) is 23.0 Å². The molecule has 2 aromatic heterocycles. The maximum Gasteiger partial charge on any atom is 0.271 e. The van der Waals surface area contributed by atoms with Crippen LogP contribution in [0, 0.1) is 18.3 Å². The molecule has 150 valence electrons. The van der Waals surface area contributed by atoms with Gasteiger partial charge in [-0.25, -0.2) is 0 Å². The number of nitrogens with zero attached hydrogens (tertiary/aromatic N) is 2. The third-order valence-corrected chi connectivity index (χ3v) is 6.78. The largest absolute Gasteiger partial charge is 0.494 e. The van der Waals surface area contributed by atoms with E-state index in [2.05, 4.69) is 0 Å². The first-order valence-corrected chi connectivity index (χ1v) is 10.7. The summed E-state index contributed by atoms with van der Waals surface area (Å²) in [6.07, 6.45) is 2.42. The van der Waals surface area contributed by atoms with E-state index in [-0.39, 0.29) is 33.1 Å². The van der Waals surface area contributed by atoms with Crippen LogP contribution in [-0.2, 0) is 6.54 Å². The van der Waals surface area contributed by atoms with E-state index in [1.165, 1.54) is 6.92 Å². The van der Waals surface area contributed by atoms with Crippen molar-refractivity contribution >= 4 is 50.4 Å². The Morgan fingerprint density at radius 1 is 1.31 bits per heavy atom. The zero-order valence-corrected chi connectivity index (χ0v) is 18.2. The van der Waals surface area contributed by atoms with Crippen molar-refractivity contribution in [3.05, 3.63) is 60.2 Å². The summed E-state index contributed by atoms with van der Waals surface area (Å²) in [6, 6.07) is 7.11. The number of thiophene rings is 1. The normalized spacial score (nSPS) is 11.0. The molecule has 2 heterocycles. The molecule has 0 aliphatic carbocycles. The molecule has 0 aliphatic heterocycles. The molecule has 1 N–H and O–H groups in total. The van der Waals surface area contributed by atoms with Crippen LogP contribution >= 0.6 is 34.5 Å². The summed E-state index contributed by atoms with van der Waals surface area (Å²) < 4.78 is 1.84. The van der Waals surface area contributed by atoms with E-state index in [1.807, 2.05) is 13.0 Å². The summed E-state index contributed by atoms with van der Waals surface area (Å²) in [4.78, 5) is 26.2. The summed E-state index contributed by atoms with van der Waals surface area (Å²) in [5, 5.41) is 21.4. The fourth-order valence-electron chi connectivity index (χ4n) is 3.28. The molecule has 5 nitrogen and oxygen atoms in total. The van der Waals surface area contributed by atoms with Crippen LogP contribution in [0.1, 0.15) is 52.5 Å². The third kappa shape index (κ3) is 3.66. The first-order valence-electron chi connectivity index (χ1n) is 9.11. The van der Waals surface area contributed by atoms with Gasteiger partial charge in [0.25, 0.3) is 5.56 Å². The predicted octanol–water partition coefficient (Wildman–Crippen LogP) is 5.68. The molecule has 1 aromatic carbocycles. The number of halogens is 2. The van der Waals surface area contributed by atoms with Gasteiger partial charge in [-0.3, -0.25) is 14.2 Å². The highest BCUT2D eigenvalue weighted by Crippen LogP contribution is 2.41. The van der Waals surface area contributed by atoms with E-state index in [0.29, 0.717) is 16.8 Å². The lowest BCUT2D eigenvalue weighted by Crippen LogP contribution is -2.26. The number of aromatic nitrogens is 1. The smallest absolute Gasteiger partial charge is 0.271 e. The van der Waals surface area contributed by atoms with Gasteiger partial charge in [0.05, 0.1) is 20.5 Å². The quantitative estimate of drug-likeness (QED) is 0.388. The molecule has 8 heteroatoms. The number of carbonyl (C=O) groups excluding carboxylic acids is 1. The first kappa shape index (κ1) is 21.4. The summed E-state index contributed by atoms with van der Waals surface area (Å²) in [6.45, 7) is 3.72. The van der Waals surface area contributed by atoms with E-state index in [4.69, 9.17) is 23.2 Å². The lowest BCUT2D eigenvalue weighted by atomic mass is 10.0. The molecular weight excluding hydrogens is 431 g/mol. The maximum atomic E-state index is 13.3. The minimum Gasteiger partial charge on any atom is -0.494 e. The average molecular weight is 449 g/mol. The maximum absolute atomic E-state index is 13.3. The van der Waals surface area contributed by atoms with Gasteiger partial charge in [0.1, 0.15) is 11.6 Å². The number of benzene rings is 1. The standard InChI is InChI=1S/C21H18Cl2N2O3S/c1-3-4-5-9-25-20(27)12(10-24)11(2)15(21(25)28)18(26)19-17(23)16-13(22)7-6-8-14(16)29-19/h6-8,28H,3-5,9H2,1-2H3. The Labute approximate surface area is 181 Å². The van der Waals surface area contributed by atoms with Gasteiger partial charge >= 0.3 is 0 Å². The highest BCUT2D eigenvalue weighted by atomic mass is 35.5. The second-order valence-corrected chi connectivity index (χ2v) is 8.50. The molecule has 0 fully saturated rings. The Kier molecular flexibility index (Phi) is 6.33. The van der Waals surface area contributed by atoms with Gasteiger partial charge < -0.3 is 5.11 Å². The van der Waals surface area contributed by atoms with E-state index in [1.54, 1.807) is 18.2 Å². The van der Waals surface area contributed by atoms with Gasteiger partial charge in [0.2, 0.25) is 11.7 Å². The molecular formula is C21H18Cl2N2O3S. The third-order valence-electron chi connectivity index (χ3n) is 4.82. The molecule has 0 saturated heterocycles. The van der Waals surface area contributed by atoms with Crippen LogP contribution in [0.25, 0.3) is 10.1 Å². The number of aromatic hydroxyl groups is 1. The van der Waals surface area contributed by atoms with Crippen molar-refractivity contribution in [2.75, 3.05) is 0 Å². The molecule has 3 rings (SSSR count). The lowest BCUT2D eigenvalue weighted by molar-refractivity contribution is 0.103. The number of pyridine rings is 1. The molecule has 3 aromatic rings. The number of carbonyl (C=O) groups is 1. The highest BCUT2D eigenvalue weighted by Gasteiger charge is 2.28. The van der Waals surface area contributed by atoms with Gasteiger partial charge in [-0.1, -0.05) is 49.0 Å². The topological polar surface area (TPSA) is 83.1 Å². The molecule has 0 unspecified atom stereocenters.